The Labute approximate surface area is 162 Å². The third-order valence-corrected chi connectivity index (χ3v) is 5.49. The van der Waals surface area contributed by atoms with E-state index in [1.54, 1.807) is 0 Å². The number of likely N-dealkylation sites (tertiary alicyclic amines) is 1. The van der Waals surface area contributed by atoms with Gasteiger partial charge in [0.05, 0.1) is 0 Å². The molecule has 1 heterocycles. The monoisotopic (exact) mass is 379 g/mol. The molecule has 1 fully saturated rings. The summed E-state index contributed by atoms with van der Waals surface area (Å²) in [5, 5.41) is 0.752. The Balaban J connectivity index is 0.00000225. The fraction of sp³-hybridized carbons (Fsp3) is 0.429. The number of hydrogen-bond acceptors (Lipinski definition) is 2. The van der Waals surface area contributed by atoms with Gasteiger partial charge in [-0.3, -0.25) is 0 Å². The molecule has 0 bridgehead atoms. The van der Waals surface area contributed by atoms with Crippen molar-refractivity contribution in [1.29, 1.82) is 0 Å². The predicted molar refractivity (Wildman–Crippen MR) is 108 cm³/mol. The van der Waals surface area contributed by atoms with E-state index in [-0.39, 0.29) is 12.4 Å². The van der Waals surface area contributed by atoms with Crippen molar-refractivity contribution in [2.45, 2.75) is 37.8 Å². The molecule has 1 aliphatic rings. The van der Waals surface area contributed by atoms with Gasteiger partial charge in [0, 0.05) is 17.7 Å². The van der Waals surface area contributed by atoms with Crippen molar-refractivity contribution in [2.75, 3.05) is 20.2 Å². The van der Waals surface area contributed by atoms with Gasteiger partial charge in [0.1, 0.15) is 5.60 Å². The summed E-state index contributed by atoms with van der Waals surface area (Å²) in [6, 6.07) is 19.1. The fourth-order valence-corrected chi connectivity index (χ4v) is 3.73. The highest BCUT2D eigenvalue weighted by Gasteiger charge is 2.30. The van der Waals surface area contributed by atoms with E-state index < -0.39 is 5.60 Å². The van der Waals surface area contributed by atoms with E-state index in [2.05, 4.69) is 55.3 Å². The topological polar surface area (TPSA) is 12.5 Å². The van der Waals surface area contributed by atoms with Crippen LogP contribution in [-0.4, -0.2) is 31.1 Å². The zero-order valence-electron chi connectivity index (χ0n) is 15.0. The van der Waals surface area contributed by atoms with E-state index in [9.17, 15) is 0 Å². The van der Waals surface area contributed by atoms with Crippen LogP contribution in [0.2, 0.25) is 5.02 Å². The fourth-order valence-electron chi connectivity index (χ4n) is 3.60. The second-order valence-corrected chi connectivity index (χ2v) is 7.26. The maximum Gasteiger partial charge on any atom is 0.115 e. The Morgan fingerprint density at radius 3 is 2.32 bits per heavy atom. The molecule has 1 aliphatic heterocycles. The minimum absolute atomic E-state index is 0. The van der Waals surface area contributed by atoms with Gasteiger partial charge in [0.15, 0.2) is 0 Å². The number of ether oxygens (including phenoxy) is 1. The highest BCUT2D eigenvalue weighted by atomic mass is 35.5. The maximum absolute atomic E-state index is 6.48. The van der Waals surface area contributed by atoms with E-state index in [0.29, 0.717) is 6.04 Å². The molecule has 136 valence electrons. The number of nitrogens with zero attached hydrogens (tertiary/aromatic N) is 1. The largest absolute Gasteiger partial charge is 0.366 e. The van der Waals surface area contributed by atoms with Crippen molar-refractivity contribution in [3.63, 3.8) is 0 Å². The summed E-state index contributed by atoms with van der Waals surface area (Å²) >= 11 is 6.07. The maximum atomic E-state index is 6.48. The molecule has 2 aromatic rings. The summed E-state index contributed by atoms with van der Waals surface area (Å²) < 4.78 is 6.48. The van der Waals surface area contributed by atoms with Crippen LogP contribution in [0.4, 0.5) is 0 Å². The van der Waals surface area contributed by atoms with Crippen molar-refractivity contribution in [2.24, 2.45) is 0 Å². The molecule has 4 heteroatoms. The second kappa shape index (κ2) is 9.05. The molecular formula is C21H27Cl2NO. The van der Waals surface area contributed by atoms with Gasteiger partial charge in [-0.25, -0.2) is 0 Å². The summed E-state index contributed by atoms with van der Waals surface area (Å²) in [7, 11) is 2.22. The van der Waals surface area contributed by atoms with Gasteiger partial charge in [0.2, 0.25) is 0 Å². The Hall–Kier alpha value is -1.06. The van der Waals surface area contributed by atoms with Crippen LogP contribution in [0.3, 0.4) is 0 Å². The second-order valence-electron chi connectivity index (χ2n) is 6.82. The molecule has 0 spiro atoms. The van der Waals surface area contributed by atoms with E-state index in [1.165, 1.54) is 24.9 Å². The summed E-state index contributed by atoms with van der Waals surface area (Å²) in [5.41, 5.74) is 1.85. The van der Waals surface area contributed by atoms with Crippen molar-refractivity contribution >= 4 is 24.0 Å². The number of hydrogen-bond donors (Lipinski definition) is 0. The number of benzene rings is 2. The lowest BCUT2D eigenvalue weighted by atomic mass is 9.88. The first-order valence-corrected chi connectivity index (χ1v) is 9.13. The van der Waals surface area contributed by atoms with Crippen LogP contribution in [0.1, 0.15) is 37.3 Å². The minimum Gasteiger partial charge on any atom is -0.366 e. The molecule has 0 aliphatic carbocycles. The van der Waals surface area contributed by atoms with Gasteiger partial charge < -0.3 is 9.64 Å². The van der Waals surface area contributed by atoms with Crippen molar-refractivity contribution < 1.29 is 4.74 Å². The third kappa shape index (κ3) is 4.77. The lowest BCUT2D eigenvalue weighted by Gasteiger charge is -2.32. The molecule has 0 amide bonds. The van der Waals surface area contributed by atoms with Gasteiger partial charge in [-0.2, -0.15) is 0 Å². The first-order chi connectivity index (χ1) is 11.6. The Bertz CT molecular complexity index is 647. The molecule has 1 saturated heterocycles. The third-order valence-electron chi connectivity index (χ3n) is 5.23. The Morgan fingerprint density at radius 2 is 1.72 bits per heavy atom. The average molecular weight is 380 g/mol. The molecule has 3 rings (SSSR count). The first kappa shape index (κ1) is 20.3. The van der Waals surface area contributed by atoms with Crippen LogP contribution in [-0.2, 0) is 10.3 Å². The smallest absolute Gasteiger partial charge is 0.115 e. The van der Waals surface area contributed by atoms with E-state index in [1.807, 2.05) is 18.2 Å². The Morgan fingerprint density at radius 1 is 1.08 bits per heavy atom. The van der Waals surface area contributed by atoms with Gasteiger partial charge in [-0.15, -0.1) is 12.4 Å². The molecule has 25 heavy (non-hydrogen) atoms. The molecule has 0 unspecified atom stereocenters. The molecule has 2 aromatic carbocycles. The van der Waals surface area contributed by atoms with E-state index in [0.717, 1.165) is 23.6 Å². The summed E-state index contributed by atoms with van der Waals surface area (Å²) in [4.78, 5) is 2.45. The van der Waals surface area contributed by atoms with Gasteiger partial charge in [-0.05, 0) is 63.0 Å². The summed E-state index contributed by atoms with van der Waals surface area (Å²) in [6.45, 7) is 4.12. The quantitative estimate of drug-likeness (QED) is 0.654. The van der Waals surface area contributed by atoms with Crippen LogP contribution < -0.4 is 0 Å². The van der Waals surface area contributed by atoms with Crippen molar-refractivity contribution in [3.05, 3.63) is 70.7 Å². The Kier molecular flexibility index (Phi) is 7.33. The minimum atomic E-state index is -0.455. The molecule has 0 N–H and O–H groups in total. The van der Waals surface area contributed by atoms with Crippen LogP contribution in [0.15, 0.2) is 54.6 Å². The first-order valence-electron chi connectivity index (χ1n) is 8.75. The molecule has 0 aromatic heterocycles. The van der Waals surface area contributed by atoms with Gasteiger partial charge >= 0.3 is 0 Å². The van der Waals surface area contributed by atoms with Crippen molar-refractivity contribution in [1.82, 2.24) is 4.90 Å². The van der Waals surface area contributed by atoms with Crippen LogP contribution >= 0.6 is 24.0 Å². The average Bonchev–Trinajstić information content (AvgIpc) is 3.01. The molecule has 2 nitrogen and oxygen atoms in total. The highest BCUT2D eigenvalue weighted by molar-refractivity contribution is 6.30. The molecule has 0 radical (unpaired) electrons. The molecular weight excluding hydrogens is 353 g/mol. The molecule has 0 saturated carbocycles. The van der Waals surface area contributed by atoms with Crippen molar-refractivity contribution in [3.8, 4) is 0 Å². The predicted octanol–water partition coefficient (Wildman–Crippen LogP) is 5.53. The standard InChI is InChI=1S/C21H26ClNO.ClH/c1-21(17-7-4-3-5-8-17,18-10-12-19(22)13-11-18)24-16-14-20-9-6-15-23(20)2;/h3-5,7-8,10-13,20H,6,9,14-16H2,1-2H3;1H/t20-,21-;/m1./s1. The normalized spacial score (nSPS) is 20.0. The SMILES string of the molecule is CN1CCC[C@@H]1CCO[C@](C)(c1ccccc1)c1ccc(Cl)cc1.Cl. The zero-order valence-corrected chi connectivity index (χ0v) is 16.5. The number of rotatable bonds is 6. The number of halogens is 2. The van der Waals surface area contributed by atoms with Crippen LogP contribution in [0.25, 0.3) is 0 Å². The van der Waals surface area contributed by atoms with E-state index >= 15 is 0 Å². The highest BCUT2D eigenvalue weighted by Crippen LogP contribution is 2.34. The molecule has 2 atom stereocenters. The lowest BCUT2D eigenvalue weighted by Crippen LogP contribution is -2.31. The van der Waals surface area contributed by atoms with Gasteiger partial charge in [-0.1, -0.05) is 54.1 Å². The lowest BCUT2D eigenvalue weighted by molar-refractivity contribution is -0.0117. The summed E-state index contributed by atoms with van der Waals surface area (Å²) in [6.07, 6.45) is 3.66. The zero-order chi connectivity index (χ0) is 17.0. The van der Waals surface area contributed by atoms with Crippen LogP contribution in [0, 0.1) is 0 Å². The van der Waals surface area contributed by atoms with E-state index in [4.69, 9.17) is 16.3 Å². The summed E-state index contributed by atoms with van der Waals surface area (Å²) in [5.74, 6) is 0. The van der Waals surface area contributed by atoms with Gasteiger partial charge in [0.25, 0.3) is 0 Å². The van der Waals surface area contributed by atoms with Crippen LogP contribution in [0.5, 0.6) is 0 Å².